The van der Waals surface area contributed by atoms with Crippen LogP contribution in [0.3, 0.4) is 0 Å². The molecule has 0 radical (unpaired) electrons. The minimum atomic E-state index is -0.661. The van der Waals surface area contributed by atoms with E-state index >= 15 is 0 Å². The first kappa shape index (κ1) is 14.4. The molecule has 7 heteroatoms. The van der Waals surface area contributed by atoms with Gasteiger partial charge in [-0.1, -0.05) is 13.0 Å². The second-order valence-electron chi connectivity index (χ2n) is 5.49. The van der Waals surface area contributed by atoms with E-state index in [1.165, 1.54) is 12.1 Å². The highest BCUT2D eigenvalue weighted by Gasteiger charge is 2.46. The van der Waals surface area contributed by atoms with E-state index < -0.39 is 29.5 Å². The number of nitrogens with zero attached hydrogens (tertiary/aromatic N) is 2. The summed E-state index contributed by atoms with van der Waals surface area (Å²) in [5.74, 6) is -2.77. The summed E-state index contributed by atoms with van der Waals surface area (Å²) in [6, 6.07) is 4.67. The first-order chi connectivity index (χ1) is 10.5. The molecule has 0 bridgehead atoms. The molecule has 2 aliphatic rings. The fraction of sp³-hybridized carbons (Fsp3) is 0.333. The molecule has 7 nitrogen and oxygen atoms in total. The molecule has 2 heterocycles. The Balaban J connectivity index is 2.03. The van der Waals surface area contributed by atoms with E-state index in [4.69, 9.17) is 5.73 Å². The van der Waals surface area contributed by atoms with E-state index in [1.807, 2.05) is 0 Å². The van der Waals surface area contributed by atoms with Gasteiger partial charge in [-0.3, -0.25) is 19.2 Å². The Morgan fingerprint density at radius 3 is 2.45 bits per heavy atom. The van der Waals surface area contributed by atoms with E-state index in [9.17, 15) is 19.2 Å². The molecule has 0 saturated carbocycles. The molecular formula is C15H15N3O4. The van der Waals surface area contributed by atoms with Crippen LogP contribution >= 0.6 is 0 Å². The van der Waals surface area contributed by atoms with Gasteiger partial charge in [-0.05, 0) is 24.1 Å². The number of imide groups is 2. The fourth-order valence-electron chi connectivity index (χ4n) is 2.69. The topological polar surface area (TPSA) is 101 Å². The average Bonchev–Trinajstić information content (AvgIpc) is 2.76. The van der Waals surface area contributed by atoms with Crippen molar-refractivity contribution in [2.75, 3.05) is 0 Å². The van der Waals surface area contributed by atoms with Gasteiger partial charge in [-0.15, -0.1) is 0 Å². The summed E-state index contributed by atoms with van der Waals surface area (Å²) in [7, 11) is 0. The Morgan fingerprint density at radius 2 is 1.77 bits per heavy atom. The number of benzene rings is 1. The zero-order chi connectivity index (χ0) is 16.0. The molecule has 3 rings (SSSR count). The van der Waals surface area contributed by atoms with Crippen molar-refractivity contribution in [3.8, 4) is 0 Å². The minimum absolute atomic E-state index is 0.133. The van der Waals surface area contributed by atoms with Gasteiger partial charge in [0.25, 0.3) is 17.7 Å². The van der Waals surface area contributed by atoms with Gasteiger partial charge in [-0.2, -0.15) is 10.0 Å². The van der Waals surface area contributed by atoms with Crippen LogP contribution in [-0.2, 0) is 16.1 Å². The molecule has 1 aromatic rings. The van der Waals surface area contributed by atoms with Gasteiger partial charge in [0.2, 0.25) is 5.91 Å². The van der Waals surface area contributed by atoms with Crippen LogP contribution in [0.1, 0.15) is 46.0 Å². The van der Waals surface area contributed by atoms with E-state index in [2.05, 4.69) is 0 Å². The number of hydrogen-bond donors (Lipinski definition) is 1. The second-order valence-corrected chi connectivity index (χ2v) is 5.49. The summed E-state index contributed by atoms with van der Waals surface area (Å²) >= 11 is 0. The van der Waals surface area contributed by atoms with E-state index in [0.717, 1.165) is 0 Å². The minimum Gasteiger partial charge on any atom is -0.326 e. The molecule has 1 fully saturated rings. The zero-order valence-corrected chi connectivity index (χ0v) is 12.0. The van der Waals surface area contributed by atoms with Crippen molar-refractivity contribution >= 4 is 23.6 Å². The lowest BCUT2D eigenvalue weighted by atomic mass is 10.00. The standard InChI is InChI=1S/C15H15N3O4/c1-8-2-5-12(19)17(13(8)20)18-14(21)10-4-3-9(7-16)6-11(10)15(18)22/h3-4,6,8H,2,5,7,16H2,1H3/t8-/m0/s1. The third kappa shape index (κ3) is 1.93. The van der Waals surface area contributed by atoms with Crippen molar-refractivity contribution in [1.29, 1.82) is 0 Å². The van der Waals surface area contributed by atoms with Crippen LogP contribution in [0.2, 0.25) is 0 Å². The Labute approximate surface area is 126 Å². The summed E-state index contributed by atoms with van der Waals surface area (Å²) in [4.78, 5) is 49.2. The van der Waals surface area contributed by atoms with Crippen LogP contribution in [-0.4, -0.2) is 33.6 Å². The van der Waals surface area contributed by atoms with Gasteiger partial charge in [-0.25, -0.2) is 0 Å². The van der Waals surface area contributed by atoms with E-state index in [1.54, 1.807) is 13.0 Å². The monoisotopic (exact) mass is 301 g/mol. The van der Waals surface area contributed by atoms with Crippen molar-refractivity contribution in [3.63, 3.8) is 0 Å². The van der Waals surface area contributed by atoms with Crippen molar-refractivity contribution in [2.24, 2.45) is 11.7 Å². The largest absolute Gasteiger partial charge is 0.326 e. The number of nitrogens with two attached hydrogens (primary N) is 1. The molecule has 0 aromatic heterocycles. The molecule has 2 N–H and O–H groups in total. The zero-order valence-electron chi connectivity index (χ0n) is 12.0. The highest BCUT2D eigenvalue weighted by Crippen LogP contribution is 2.29. The Kier molecular flexibility index (Phi) is 3.29. The summed E-state index contributed by atoms with van der Waals surface area (Å²) < 4.78 is 0. The number of hydrazine groups is 1. The number of piperidine rings is 1. The number of rotatable bonds is 2. The smallest absolute Gasteiger partial charge is 0.281 e. The van der Waals surface area contributed by atoms with Crippen LogP contribution in [0, 0.1) is 5.92 Å². The van der Waals surface area contributed by atoms with Crippen LogP contribution in [0.25, 0.3) is 0 Å². The lowest BCUT2D eigenvalue weighted by Gasteiger charge is -2.33. The Morgan fingerprint density at radius 1 is 1.09 bits per heavy atom. The van der Waals surface area contributed by atoms with Crippen molar-refractivity contribution in [1.82, 2.24) is 10.0 Å². The quantitative estimate of drug-likeness (QED) is 0.799. The first-order valence-electron chi connectivity index (χ1n) is 7.04. The Hall–Kier alpha value is -2.54. The van der Waals surface area contributed by atoms with E-state index in [-0.39, 0.29) is 24.1 Å². The van der Waals surface area contributed by atoms with E-state index in [0.29, 0.717) is 22.0 Å². The number of amides is 4. The third-order valence-corrected chi connectivity index (χ3v) is 4.02. The number of carbonyl (C=O) groups is 4. The van der Waals surface area contributed by atoms with Crippen LogP contribution in [0.15, 0.2) is 18.2 Å². The van der Waals surface area contributed by atoms with Gasteiger partial charge in [0.1, 0.15) is 0 Å². The summed E-state index contributed by atoms with van der Waals surface area (Å²) in [5, 5.41) is 1.35. The molecule has 1 atom stereocenters. The molecular weight excluding hydrogens is 286 g/mol. The maximum Gasteiger partial charge on any atom is 0.281 e. The molecule has 2 aliphatic heterocycles. The first-order valence-corrected chi connectivity index (χ1v) is 7.04. The second kappa shape index (κ2) is 5.03. The van der Waals surface area contributed by atoms with Crippen molar-refractivity contribution in [2.45, 2.75) is 26.3 Å². The predicted octanol–water partition coefficient (Wildman–Crippen LogP) is 0.441. The maximum absolute atomic E-state index is 12.5. The maximum atomic E-state index is 12.5. The SMILES string of the molecule is C[C@H]1CCC(=O)N(N2C(=O)c3ccc(CN)cc3C2=O)C1=O. The lowest BCUT2D eigenvalue weighted by molar-refractivity contribution is -0.163. The van der Waals surface area contributed by atoms with Crippen molar-refractivity contribution < 1.29 is 19.2 Å². The molecule has 4 amide bonds. The Bertz CT molecular complexity index is 713. The van der Waals surface area contributed by atoms with Crippen LogP contribution in [0.4, 0.5) is 0 Å². The normalized spacial score (nSPS) is 21.6. The number of fused-ring (bicyclic) bond motifs is 1. The van der Waals surface area contributed by atoms with Gasteiger partial charge in [0, 0.05) is 18.9 Å². The molecule has 0 spiro atoms. The molecule has 1 saturated heterocycles. The average molecular weight is 301 g/mol. The van der Waals surface area contributed by atoms with Crippen LogP contribution in [0.5, 0.6) is 0 Å². The lowest BCUT2D eigenvalue weighted by Crippen LogP contribution is -2.56. The molecule has 0 unspecified atom stereocenters. The highest BCUT2D eigenvalue weighted by atomic mass is 16.2. The van der Waals surface area contributed by atoms with Gasteiger partial charge in [0.05, 0.1) is 11.1 Å². The third-order valence-electron chi connectivity index (χ3n) is 4.02. The molecule has 22 heavy (non-hydrogen) atoms. The molecule has 0 aliphatic carbocycles. The summed E-state index contributed by atoms with van der Waals surface area (Å²) in [6.07, 6.45) is 0.559. The van der Waals surface area contributed by atoms with Gasteiger partial charge < -0.3 is 5.73 Å². The number of hydrogen-bond acceptors (Lipinski definition) is 5. The van der Waals surface area contributed by atoms with Gasteiger partial charge >= 0.3 is 0 Å². The molecule has 114 valence electrons. The van der Waals surface area contributed by atoms with Crippen molar-refractivity contribution in [3.05, 3.63) is 34.9 Å². The summed E-state index contributed by atoms with van der Waals surface area (Å²) in [5.41, 5.74) is 6.59. The van der Waals surface area contributed by atoms with Gasteiger partial charge in [0.15, 0.2) is 0 Å². The van der Waals surface area contributed by atoms with Crippen LogP contribution < -0.4 is 5.73 Å². The summed E-state index contributed by atoms with van der Waals surface area (Å²) in [6.45, 7) is 1.90. The number of carbonyl (C=O) groups excluding carboxylic acids is 4. The highest BCUT2D eigenvalue weighted by molar-refractivity contribution is 6.23. The fourth-order valence-corrected chi connectivity index (χ4v) is 2.69. The predicted molar refractivity (Wildman–Crippen MR) is 75.1 cm³/mol. The molecule has 1 aromatic carbocycles.